The summed E-state index contributed by atoms with van der Waals surface area (Å²) in [5.41, 5.74) is 5.93. The van der Waals surface area contributed by atoms with Gasteiger partial charge in [0.1, 0.15) is 11.4 Å². The average molecular weight is 410 g/mol. The largest absolute Gasteiger partial charge is 0.495 e. The second-order valence-electron chi connectivity index (χ2n) is 7.37. The first-order valence-corrected chi connectivity index (χ1v) is 10.0. The van der Waals surface area contributed by atoms with E-state index in [4.69, 9.17) is 4.74 Å². The molecule has 0 spiro atoms. The number of hydrogen-bond donors (Lipinski definition) is 0. The molecule has 5 rings (SSSR count). The Balaban J connectivity index is 1.35. The third kappa shape index (κ3) is 3.85. The summed E-state index contributed by atoms with van der Waals surface area (Å²) in [4.78, 5) is 4.29. The van der Waals surface area contributed by atoms with Gasteiger partial charge in [-0.3, -0.25) is 0 Å². The molecule has 0 aliphatic heterocycles. The molecule has 2 aromatic carbocycles. The molecule has 0 unspecified atom stereocenters. The van der Waals surface area contributed by atoms with Gasteiger partial charge >= 0.3 is 0 Å². The molecule has 0 radical (unpaired) electrons. The zero-order valence-electron chi connectivity index (χ0n) is 17.4. The monoisotopic (exact) mass is 410 g/mol. The number of imidazole rings is 1. The molecular formula is C24H22N6O. The van der Waals surface area contributed by atoms with Crippen molar-refractivity contribution in [3.8, 4) is 28.4 Å². The first kappa shape index (κ1) is 18.9. The van der Waals surface area contributed by atoms with Crippen LogP contribution in [-0.4, -0.2) is 36.2 Å². The van der Waals surface area contributed by atoms with Crippen LogP contribution in [0.4, 0.5) is 0 Å². The first-order chi connectivity index (χ1) is 15.2. The quantitative estimate of drug-likeness (QED) is 0.419. The van der Waals surface area contributed by atoms with E-state index < -0.39 is 0 Å². The Morgan fingerprint density at radius 3 is 2.45 bits per heavy atom. The fraction of sp³-hybridized carbons (Fsp3) is 0.125. The lowest BCUT2D eigenvalue weighted by molar-refractivity contribution is 0.413. The van der Waals surface area contributed by atoms with Crippen LogP contribution in [0.3, 0.4) is 0 Å². The molecule has 0 bridgehead atoms. The lowest BCUT2D eigenvalue weighted by atomic mass is 10.1. The van der Waals surface area contributed by atoms with Gasteiger partial charge in [0.25, 0.3) is 0 Å². The smallest absolute Gasteiger partial charge is 0.143 e. The lowest BCUT2D eigenvalue weighted by Gasteiger charge is -2.10. The summed E-state index contributed by atoms with van der Waals surface area (Å²) in [6, 6.07) is 18.5. The Bertz CT molecular complexity index is 1300. The van der Waals surface area contributed by atoms with Crippen molar-refractivity contribution in [3.05, 3.63) is 97.0 Å². The summed E-state index contributed by atoms with van der Waals surface area (Å²) < 4.78 is 11.5. The number of rotatable bonds is 6. The number of nitrogens with zero attached hydrogens (tertiary/aromatic N) is 6. The van der Waals surface area contributed by atoms with Gasteiger partial charge < -0.3 is 13.9 Å². The number of aromatic nitrogens is 6. The van der Waals surface area contributed by atoms with Crippen LogP contribution in [0.25, 0.3) is 22.6 Å². The molecule has 0 fully saturated rings. The SMILES string of the molecule is COc1cc(-c2cn(Cc3ccc(-n4cccc4)cc3)nn2)ccc1-n1cnc(C)c1. The molecule has 0 N–H and O–H groups in total. The second kappa shape index (κ2) is 7.95. The van der Waals surface area contributed by atoms with Crippen molar-refractivity contribution in [3.63, 3.8) is 0 Å². The fourth-order valence-electron chi connectivity index (χ4n) is 3.58. The average Bonchev–Trinajstić information content (AvgIpc) is 3.56. The zero-order valence-corrected chi connectivity index (χ0v) is 17.4. The van der Waals surface area contributed by atoms with Gasteiger partial charge in [0.15, 0.2) is 0 Å². The normalized spacial score (nSPS) is 11.0. The third-order valence-electron chi connectivity index (χ3n) is 5.19. The number of hydrogen-bond acceptors (Lipinski definition) is 4. The molecule has 154 valence electrons. The third-order valence-corrected chi connectivity index (χ3v) is 5.19. The second-order valence-corrected chi connectivity index (χ2v) is 7.37. The minimum absolute atomic E-state index is 0.655. The molecule has 0 aliphatic rings. The molecule has 3 heterocycles. The summed E-state index contributed by atoms with van der Waals surface area (Å²) in [5.74, 6) is 0.755. The van der Waals surface area contributed by atoms with Gasteiger partial charge in [0.05, 0.1) is 37.6 Å². The number of ether oxygens (including phenoxy) is 1. The molecule has 0 saturated heterocycles. The minimum atomic E-state index is 0.655. The van der Waals surface area contributed by atoms with E-state index in [1.54, 1.807) is 13.4 Å². The van der Waals surface area contributed by atoms with E-state index in [1.807, 2.05) is 71.3 Å². The number of methoxy groups -OCH3 is 1. The summed E-state index contributed by atoms with van der Waals surface area (Å²) in [5, 5.41) is 8.66. The van der Waals surface area contributed by atoms with Crippen molar-refractivity contribution in [2.45, 2.75) is 13.5 Å². The van der Waals surface area contributed by atoms with Gasteiger partial charge in [0.2, 0.25) is 0 Å². The molecule has 0 atom stereocenters. The number of benzene rings is 2. The highest BCUT2D eigenvalue weighted by atomic mass is 16.5. The van der Waals surface area contributed by atoms with E-state index in [1.165, 1.54) is 0 Å². The van der Waals surface area contributed by atoms with E-state index in [2.05, 4.69) is 44.1 Å². The maximum atomic E-state index is 5.61. The standard InChI is InChI=1S/C24H22N6O/c1-18-14-29(17-25-18)23-10-7-20(13-24(23)31-2)22-16-30(27-26-22)15-19-5-8-21(9-6-19)28-11-3-4-12-28/h3-14,16-17H,15H2,1-2H3. The van der Waals surface area contributed by atoms with E-state index in [9.17, 15) is 0 Å². The van der Waals surface area contributed by atoms with E-state index >= 15 is 0 Å². The first-order valence-electron chi connectivity index (χ1n) is 10.0. The summed E-state index contributed by atoms with van der Waals surface area (Å²) in [6.45, 7) is 2.62. The summed E-state index contributed by atoms with van der Waals surface area (Å²) >= 11 is 0. The molecule has 0 aliphatic carbocycles. The van der Waals surface area contributed by atoms with Gasteiger partial charge in [-0.25, -0.2) is 9.67 Å². The van der Waals surface area contributed by atoms with Gasteiger partial charge in [-0.2, -0.15) is 0 Å². The molecule has 7 nitrogen and oxygen atoms in total. The molecule has 3 aromatic heterocycles. The van der Waals surface area contributed by atoms with Crippen molar-refractivity contribution in [2.75, 3.05) is 7.11 Å². The maximum absolute atomic E-state index is 5.61. The highest BCUT2D eigenvalue weighted by Gasteiger charge is 2.11. The highest BCUT2D eigenvalue weighted by molar-refractivity contribution is 5.64. The van der Waals surface area contributed by atoms with Crippen LogP contribution >= 0.6 is 0 Å². The van der Waals surface area contributed by atoms with Crippen molar-refractivity contribution in [1.82, 2.24) is 29.1 Å². The summed E-state index contributed by atoms with van der Waals surface area (Å²) in [6.07, 6.45) is 9.77. The van der Waals surface area contributed by atoms with E-state index in [0.29, 0.717) is 6.54 Å². The van der Waals surface area contributed by atoms with Crippen LogP contribution in [-0.2, 0) is 6.54 Å². The number of aryl methyl sites for hydroxylation is 1. The zero-order chi connectivity index (χ0) is 21.2. The lowest BCUT2D eigenvalue weighted by Crippen LogP contribution is -2.00. The van der Waals surface area contributed by atoms with Crippen molar-refractivity contribution >= 4 is 0 Å². The predicted molar refractivity (Wildman–Crippen MR) is 119 cm³/mol. The van der Waals surface area contributed by atoms with Crippen molar-refractivity contribution in [1.29, 1.82) is 0 Å². The molecular weight excluding hydrogens is 388 g/mol. The molecule has 31 heavy (non-hydrogen) atoms. The van der Waals surface area contributed by atoms with E-state index in [-0.39, 0.29) is 0 Å². The highest BCUT2D eigenvalue weighted by Crippen LogP contribution is 2.29. The van der Waals surface area contributed by atoms with Gasteiger partial charge in [-0.05, 0) is 48.9 Å². The van der Waals surface area contributed by atoms with Crippen LogP contribution in [0.15, 0.2) is 85.7 Å². The Kier molecular flexibility index (Phi) is 4.84. The van der Waals surface area contributed by atoms with Crippen LogP contribution in [0, 0.1) is 6.92 Å². The van der Waals surface area contributed by atoms with E-state index in [0.717, 1.165) is 39.6 Å². The minimum Gasteiger partial charge on any atom is -0.495 e. The topological polar surface area (TPSA) is 62.7 Å². The Labute approximate surface area is 180 Å². The summed E-state index contributed by atoms with van der Waals surface area (Å²) in [7, 11) is 1.67. The van der Waals surface area contributed by atoms with Crippen LogP contribution in [0.5, 0.6) is 5.75 Å². The van der Waals surface area contributed by atoms with Gasteiger partial charge in [-0.1, -0.05) is 23.4 Å². The van der Waals surface area contributed by atoms with Crippen molar-refractivity contribution in [2.24, 2.45) is 0 Å². The van der Waals surface area contributed by atoms with Gasteiger partial charge in [0, 0.05) is 29.8 Å². The Morgan fingerprint density at radius 2 is 1.74 bits per heavy atom. The predicted octanol–water partition coefficient (Wildman–Crippen LogP) is 4.29. The Hall–Kier alpha value is -4.13. The van der Waals surface area contributed by atoms with Crippen LogP contribution in [0.1, 0.15) is 11.3 Å². The molecule has 0 amide bonds. The molecule has 7 heteroatoms. The maximum Gasteiger partial charge on any atom is 0.143 e. The van der Waals surface area contributed by atoms with Crippen molar-refractivity contribution < 1.29 is 4.74 Å². The van der Waals surface area contributed by atoms with Crippen LogP contribution < -0.4 is 4.74 Å². The molecule has 0 saturated carbocycles. The Morgan fingerprint density at radius 1 is 0.935 bits per heavy atom. The van der Waals surface area contributed by atoms with Crippen LogP contribution in [0.2, 0.25) is 0 Å². The molecule has 5 aromatic rings. The fourth-order valence-corrected chi connectivity index (χ4v) is 3.58. The van der Waals surface area contributed by atoms with Gasteiger partial charge in [-0.15, -0.1) is 5.10 Å².